The molecule has 0 amide bonds. The van der Waals surface area contributed by atoms with Crippen LogP contribution in [0.25, 0.3) is 0 Å². The van der Waals surface area contributed by atoms with Crippen LogP contribution >= 0.6 is 0 Å². The van der Waals surface area contributed by atoms with Gasteiger partial charge in [0.05, 0.1) is 11.7 Å². The van der Waals surface area contributed by atoms with Crippen molar-refractivity contribution < 1.29 is 14.6 Å². The predicted molar refractivity (Wildman–Crippen MR) is 76.7 cm³/mol. The molecular weight excluding hydrogens is 254 g/mol. The fourth-order valence-electron chi connectivity index (χ4n) is 1.84. The second-order valence-corrected chi connectivity index (χ2v) is 4.40. The van der Waals surface area contributed by atoms with Gasteiger partial charge in [-0.2, -0.15) is 0 Å². The molecule has 20 heavy (non-hydrogen) atoms. The van der Waals surface area contributed by atoms with E-state index in [9.17, 15) is 9.90 Å². The molecule has 104 valence electrons. The summed E-state index contributed by atoms with van der Waals surface area (Å²) in [7, 11) is 1.77. The van der Waals surface area contributed by atoms with Crippen LogP contribution in [0.15, 0.2) is 54.6 Å². The van der Waals surface area contributed by atoms with Gasteiger partial charge in [-0.05, 0) is 36.9 Å². The number of hydrogen-bond acceptors (Lipinski definition) is 4. The third-order valence-electron chi connectivity index (χ3n) is 2.86. The summed E-state index contributed by atoms with van der Waals surface area (Å²) in [6.45, 7) is 0.441. The van der Waals surface area contributed by atoms with E-state index in [2.05, 4.69) is 5.32 Å². The Kier molecular flexibility index (Phi) is 4.87. The van der Waals surface area contributed by atoms with Crippen molar-refractivity contribution in [1.29, 1.82) is 0 Å². The van der Waals surface area contributed by atoms with Gasteiger partial charge >= 0.3 is 5.97 Å². The summed E-state index contributed by atoms with van der Waals surface area (Å²) in [6, 6.07) is 15.7. The van der Waals surface area contributed by atoms with Gasteiger partial charge in [-0.3, -0.25) is 0 Å². The third-order valence-corrected chi connectivity index (χ3v) is 2.86. The van der Waals surface area contributed by atoms with Crippen molar-refractivity contribution in [1.82, 2.24) is 5.32 Å². The number of esters is 1. The zero-order chi connectivity index (χ0) is 14.4. The molecule has 4 heteroatoms. The molecule has 0 spiro atoms. The fraction of sp³-hybridized carbons (Fsp3) is 0.188. The topological polar surface area (TPSA) is 58.6 Å². The Labute approximate surface area is 118 Å². The number of hydrogen-bond donors (Lipinski definition) is 2. The highest BCUT2D eigenvalue weighted by Crippen LogP contribution is 2.20. The van der Waals surface area contributed by atoms with E-state index in [0.29, 0.717) is 23.4 Å². The average molecular weight is 271 g/mol. The molecule has 0 heterocycles. The van der Waals surface area contributed by atoms with E-state index < -0.39 is 12.1 Å². The molecule has 0 saturated heterocycles. The van der Waals surface area contributed by atoms with Crippen LogP contribution in [0.1, 0.15) is 22.0 Å². The summed E-state index contributed by atoms with van der Waals surface area (Å²) in [4.78, 5) is 11.9. The first-order valence-electron chi connectivity index (χ1n) is 6.40. The van der Waals surface area contributed by atoms with Crippen molar-refractivity contribution in [2.75, 3.05) is 13.6 Å². The molecule has 0 aliphatic rings. The molecule has 2 N–H and O–H groups in total. The van der Waals surface area contributed by atoms with Crippen molar-refractivity contribution in [3.05, 3.63) is 65.7 Å². The molecule has 0 saturated carbocycles. The zero-order valence-corrected chi connectivity index (χ0v) is 11.2. The van der Waals surface area contributed by atoms with Crippen molar-refractivity contribution in [2.24, 2.45) is 0 Å². The minimum Gasteiger partial charge on any atom is -0.423 e. The summed E-state index contributed by atoms with van der Waals surface area (Å²) in [6.07, 6.45) is -0.629. The van der Waals surface area contributed by atoms with Crippen LogP contribution in [0.5, 0.6) is 5.75 Å². The summed E-state index contributed by atoms with van der Waals surface area (Å²) >= 11 is 0. The number of ether oxygens (including phenoxy) is 1. The maximum absolute atomic E-state index is 11.9. The first kappa shape index (κ1) is 14.2. The van der Waals surface area contributed by atoms with Crippen LogP contribution in [-0.2, 0) is 0 Å². The van der Waals surface area contributed by atoms with Gasteiger partial charge in [-0.25, -0.2) is 4.79 Å². The summed E-state index contributed by atoms with van der Waals surface area (Å²) < 4.78 is 5.30. The molecular formula is C16H17NO3. The van der Waals surface area contributed by atoms with Gasteiger partial charge in [0.25, 0.3) is 0 Å². The van der Waals surface area contributed by atoms with Gasteiger partial charge in [0, 0.05) is 6.54 Å². The first-order chi connectivity index (χ1) is 9.70. The number of benzene rings is 2. The normalized spacial score (nSPS) is 11.9. The first-order valence-corrected chi connectivity index (χ1v) is 6.40. The Balaban J connectivity index is 2.10. The van der Waals surface area contributed by atoms with E-state index in [4.69, 9.17) is 4.74 Å². The van der Waals surface area contributed by atoms with Crippen molar-refractivity contribution in [3.63, 3.8) is 0 Å². The average Bonchev–Trinajstić information content (AvgIpc) is 2.48. The Morgan fingerprint density at radius 3 is 2.65 bits per heavy atom. The zero-order valence-electron chi connectivity index (χ0n) is 11.2. The molecule has 0 aliphatic carbocycles. The number of carbonyl (C=O) groups excluding carboxylic acids is 1. The quantitative estimate of drug-likeness (QED) is 0.646. The van der Waals surface area contributed by atoms with E-state index in [1.807, 2.05) is 6.07 Å². The van der Waals surface area contributed by atoms with Gasteiger partial charge in [0.1, 0.15) is 5.75 Å². The molecule has 2 aromatic rings. The van der Waals surface area contributed by atoms with Crippen molar-refractivity contribution >= 4 is 5.97 Å². The smallest absolute Gasteiger partial charge is 0.343 e. The number of likely N-dealkylation sites (N-methyl/N-ethyl adjacent to an activating group) is 1. The molecule has 2 aromatic carbocycles. The van der Waals surface area contributed by atoms with E-state index >= 15 is 0 Å². The molecule has 0 aliphatic heterocycles. The molecule has 0 unspecified atom stereocenters. The monoisotopic (exact) mass is 271 g/mol. The number of aliphatic hydroxyl groups is 1. The Bertz CT molecular complexity index is 569. The lowest BCUT2D eigenvalue weighted by molar-refractivity contribution is 0.0734. The van der Waals surface area contributed by atoms with Crippen molar-refractivity contribution in [3.8, 4) is 5.75 Å². The van der Waals surface area contributed by atoms with Crippen LogP contribution < -0.4 is 10.1 Å². The van der Waals surface area contributed by atoms with Gasteiger partial charge in [0.15, 0.2) is 0 Å². The van der Waals surface area contributed by atoms with E-state index in [1.165, 1.54) is 0 Å². The molecule has 0 aromatic heterocycles. The van der Waals surface area contributed by atoms with Gasteiger partial charge < -0.3 is 15.2 Å². The second kappa shape index (κ2) is 6.84. The summed E-state index contributed by atoms with van der Waals surface area (Å²) in [5.41, 5.74) is 1.20. The second-order valence-electron chi connectivity index (χ2n) is 4.40. The molecule has 0 fully saturated rings. The van der Waals surface area contributed by atoms with E-state index in [1.54, 1.807) is 55.6 Å². The van der Waals surface area contributed by atoms with Gasteiger partial charge in [0.2, 0.25) is 0 Å². The van der Waals surface area contributed by atoms with Crippen LogP contribution in [0.3, 0.4) is 0 Å². The summed E-state index contributed by atoms with van der Waals surface area (Å²) in [5.74, 6) is 0.0114. The Morgan fingerprint density at radius 1 is 1.20 bits per heavy atom. The van der Waals surface area contributed by atoms with Crippen molar-refractivity contribution in [2.45, 2.75) is 6.10 Å². The molecule has 1 atom stereocenters. The van der Waals surface area contributed by atoms with Crippen LogP contribution in [0, 0.1) is 0 Å². The van der Waals surface area contributed by atoms with Gasteiger partial charge in [-0.1, -0.05) is 30.3 Å². The van der Waals surface area contributed by atoms with E-state index in [-0.39, 0.29) is 0 Å². The molecule has 0 bridgehead atoms. The van der Waals surface area contributed by atoms with Gasteiger partial charge in [-0.15, -0.1) is 0 Å². The Morgan fingerprint density at radius 2 is 1.95 bits per heavy atom. The lowest BCUT2D eigenvalue weighted by Gasteiger charge is -2.11. The largest absolute Gasteiger partial charge is 0.423 e. The van der Waals surface area contributed by atoms with Crippen LogP contribution in [-0.4, -0.2) is 24.7 Å². The minimum atomic E-state index is -0.629. The number of nitrogens with one attached hydrogen (secondary N) is 1. The Hall–Kier alpha value is -2.17. The number of aliphatic hydroxyl groups excluding tert-OH is 1. The van der Waals surface area contributed by atoms with Crippen LogP contribution in [0.4, 0.5) is 0 Å². The highest BCUT2D eigenvalue weighted by atomic mass is 16.5. The minimum absolute atomic E-state index is 0.411. The number of rotatable bonds is 5. The maximum atomic E-state index is 11.9. The molecule has 4 nitrogen and oxygen atoms in total. The summed E-state index contributed by atoms with van der Waals surface area (Å²) in [5, 5.41) is 12.8. The fourth-order valence-corrected chi connectivity index (χ4v) is 1.84. The maximum Gasteiger partial charge on any atom is 0.343 e. The lowest BCUT2D eigenvalue weighted by atomic mass is 10.1. The van der Waals surface area contributed by atoms with E-state index in [0.717, 1.165) is 0 Å². The third kappa shape index (κ3) is 3.66. The molecule has 2 rings (SSSR count). The standard InChI is InChI=1S/C16H17NO3/c1-17-11-15(18)13-8-5-9-14(10-13)20-16(19)12-6-3-2-4-7-12/h2-10,15,17-18H,11H2,1H3/t15-/m1/s1. The molecule has 0 radical (unpaired) electrons. The SMILES string of the molecule is CNC[C@@H](O)c1cccc(OC(=O)c2ccccc2)c1. The predicted octanol–water partition coefficient (Wildman–Crippen LogP) is 2.16. The highest BCUT2D eigenvalue weighted by molar-refractivity contribution is 5.90. The van der Waals surface area contributed by atoms with Crippen LogP contribution in [0.2, 0.25) is 0 Å². The lowest BCUT2D eigenvalue weighted by Crippen LogP contribution is -2.16. The highest BCUT2D eigenvalue weighted by Gasteiger charge is 2.10. The number of carbonyl (C=O) groups is 1.